The molecule has 18 N–H and O–H groups in total. The number of thioether (sulfide) groups is 2. The van der Waals surface area contributed by atoms with Gasteiger partial charge in [0.15, 0.2) is 0 Å². The van der Waals surface area contributed by atoms with Crippen molar-refractivity contribution >= 4 is 94.5 Å². The summed E-state index contributed by atoms with van der Waals surface area (Å²) in [4.78, 5) is 171. The zero-order chi connectivity index (χ0) is 75.7. The van der Waals surface area contributed by atoms with Gasteiger partial charge in [0.25, 0.3) is 0 Å². The minimum atomic E-state index is -1.65. The Labute approximate surface area is 614 Å². The quantitative estimate of drug-likeness (QED) is 0.111. The van der Waals surface area contributed by atoms with E-state index in [1.54, 1.807) is 48.5 Å². The third kappa shape index (κ3) is 27.7. The summed E-state index contributed by atoms with van der Waals surface area (Å²) in [7, 11) is 0. The van der Waals surface area contributed by atoms with Crippen LogP contribution in [0.25, 0.3) is 0 Å². The van der Waals surface area contributed by atoms with Gasteiger partial charge in [0, 0.05) is 35.9 Å². The molecule has 103 heavy (non-hydrogen) atoms. The number of fused-ring (bicyclic) bond motifs is 3. The molecular formula is C72H117N13O16S2. The van der Waals surface area contributed by atoms with Crippen LogP contribution in [0.4, 0.5) is 0 Å². The molecule has 2 bridgehead atoms. The van der Waals surface area contributed by atoms with Crippen LogP contribution in [0.5, 0.6) is 0 Å². The first-order valence-electron chi connectivity index (χ1n) is 37.1. The molecule has 0 spiro atoms. The van der Waals surface area contributed by atoms with Crippen molar-refractivity contribution in [3.63, 3.8) is 0 Å². The number of hydrogen-bond donors (Lipinski definition) is 17. The van der Waals surface area contributed by atoms with Gasteiger partial charge in [0.2, 0.25) is 65.0 Å². The van der Waals surface area contributed by atoms with Crippen molar-refractivity contribution in [3.05, 3.63) is 35.4 Å². The third-order valence-electron chi connectivity index (χ3n) is 20.3. The van der Waals surface area contributed by atoms with Crippen molar-refractivity contribution < 1.29 is 78.0 Å². The van der Waals surface area contributed by atoms with Crippen molar-refractivity contribution in [1.82, 2.24) is 63.8 Å². The topological polar surface area (TPSA) is 456 Å². The van der Waals surface area contributed by atoms with Gasteiger partial charge >= 0.3 is 5.97 Å². The molecule has 578 valence electrons. The highest BCUT2D eigenvalue weighted by molar-refractivity contribution is 7.98. The van der Waals surface area contributed by atoms with Crippen molar-refractivity contribution in [1.29, 1.82) is 0 Å². The first kappa shape index (κ1) is 85.3. The first-order chi connectivity index (χ1) is 48.8. The zero-order valence-electron chi connectivity index (χ0n) is 61.2. The van der Waals surface area contributed by atoms with Crippen molar-refractivity contribution in [2.24, 2.45) is 40.7 Å². The van der Waals surface area contributed by atoms with Gasteiger partial charge in [-0.1, -0.05) is 85.6 Å². The van der Waals surface area contributed by atoms with Gasteiger partial charge in [-0.25, -0.2) is 0 Å². The number of amides is 11. The highest BCUT2D eigenvalue weighted by atomic mass is 32.2. The monoisotopic (exact) mass is 1480 g/mol. The maximum Gasteiger partial charge on any atom is 0.303 e. The Bertz CT molecular complexity index is 3040. The number of nitrogens with two attached hydrogens (primary N) is 1. The van der Waals surface area contributed by atoms with E-state index in [0.29, 0.717) is 88.0 Å². The molecule has 2 aliphatic carbocycles. The van der Waals surface area contributed by atoms with Crippen LogP contribution in [-0.2, 0) is 69.0 Å². The maximum atomic E-state index is 15.1. The number of carboxylic acid groups (broad SMARTS) is 1. The summed E-state index contributed by atoms with van der Waals surface area (Å²) >= 11 is 2.78. The number of carbonyl (C=O) groups excluding carboxylic acids is 11. The highest BCUT2D eigenvalue weighted by Crippen LogP contribution is 2.33. The van der Waals surface area contributed by atoms with Gasteiger partial charge in [-0.3, -0.25) is 57.5 Å². The fraction of sp³-hybridized carbons (Fsp3) is 0.750. The molecule has 0 radical (unpaired) electrons. The second kappa shape index (κ2) is 41.9. The number of aliphatic hydroxyl groups excluding tert-OH is 3. The molecule has 3 aliphatic heterocycles. The molecule has 3 unspecified atom stereocenters. The summed E-state index contributed by atoms with van der Waals surface area (Å²) < 4.78 is 0. The number of aliphatic hydroxyl groups is 3. The lowest BCUT2D eigenvalue weighted by atomic mass is 9.82. The van der Waals surface area contributed by atoms with Gasteiger partial charge < -0.3 is 90.0 Å². The predicted octanol–water partition coefficient (Wildman–Crippen LogP) is 1.26. The molecule has 29 nitrogen and oxygen atoms in total. The second-order valence-corrected chi connectivity index (χ2v) is 32.4. The summed E-state index contributed by atoms with van der Waals surface area (Å²) in [6, 6.07) is -6.00. The van der Waals surface area contributed by atoms with E-state index in [9.17, 15) is 68.4 Å². The van der Waals surface area contributed by atoms with Crippen molar-refractivity contribution in [2.75, 3.05) is 24.6 Å². The number of piperidine rings is 1. The van der Waals surface area contributed by atoms with Gasteiger partial charge in [-0.2, -0.15) is 23.5 Å². The molecule has 5 aliphatic rings. The van der Waals surface area contributed by atoms with Crippen LogP contribution >= 0.6 is 23.5 Å². The lowest BCUT2D eigenvalue weighted by Gasteiger charge is -2.34. The smallest absolute Gasteiger partial charge is 0.303 e. The summed E-state index contributed by atoms with van der Waals surface area (Å²) in [6.45, 7) is 14.8. The van der Waals surface area contributed by atoms with Crippen LogP contribution in [-0.4, -0.2) is 201 Å². The van der Waals surface area contributed by atoms with E-state index in [4.69, 9.17) is 5.73 Å². The summed E-state index contributed by atoms with van der Waals surface area (Å²) in [6.07, 6.45) is 2.54. The number of aliphatic carboxylic acids is 1. The van der Waals surface area contributed by atoms with E-state index in [1.165, 1.54) is 30.4 Å². The Hall–Kier alpha value is -6.64. The number of primary amides is 1. The Morgan fingerprint density at radius 1 is 0.563 bits per heavy atom. The van der Waals surface area contributed by atoms with Crippen LogP contribution in [0, 0.1) is 35.0 Å². The average molecular weight is 1480 g/mol. The molecule has 31 heteroatoms. The lowest BCUT2D eigenvalue weighted by Crippen LogP contribution is -2.62. The summed E-state index contributed by atoms with van der Waals surface area (Å²) in [5, 5.41) is 76.4. The van der Waals surface area contributed by atoms with Gasteiger partial charge in [-0.05, 0) is 169 Å². The Balaban J connectivity index is 1.36. The van der Waals surface area contributed by atoms with Crippen molar-refractivity contribution in [2.45, 2.75) is 280 Å². The van der Waals surface area contributed by atoms with Crippen molar-refractivity contribution in [3.8, 4) is 0 Å². The van der Waals surface area contributed by atoms with E-state index in [2.05, 4.69) is 63.8 Å². The van der Waals surface area contributed by atoms with Crippen LogP contribution < -0.4 is 69.5 Å². The number of carbonyl (C=O) groups is 12. The average Bonchev–Trinajstić information content (AvgIpc) is 1.76. The van der Waals surface area contributed by atoms with E-state index in [-0.39, 0.29) is 74.1 Å². The minimum Gasteiger partial charge on any atom is -0.481 e. The Morgan fingerprint density at radius 2 is 1.03 bits per heavy atom. The minimum absolute atomic E-state index is 0.00134. The first-order valence-corrected chi connectivity index (χ1v) is 39.4. The van der Waals surface area contributed by atoms with Gasteiger partial charge in [0.05, 0.1) is 24.5 Å². The fourth-order valence-corrected chi connectivity index (χ4v) is 16.2. The lowest BCUT2D eigenvalue weighted by molar-refractivity contribution is -0.139. The molecule has 14 atom stereocenters. The molecule has 4 fully saturated rings. The van der Waals surface area contributed by atoms with E-state index < -0.39 is 174 Å². The zero-order valence-corrected chi connectivity index (χ0v) is 62.9. The molecule has 11 amide bonds. The number of rotatable bonds is 16. The van der Waals surface area contributed by atoms with Gasteiger partial charge in [0.1, 0.15) is 60.4 Å². The van der Waals surface area contributed by atoms with E-state index in [0.717, 1.165) is 30.5 Å². The molecule has 1 aromatic rings. The van der Waals surface area contributed by atoms with Crippen LogP contribution in [0.15, 0.2) is 24.3 Å². The second-order valence-electron chi connectivity index (χ2n) is 30.3. The molecule has 1 aromatic carbocycles. The number of hydrogen-bond acceptors (Lipinski definition) is 19. The Morgan fingerprint density at radius 3 is 1.54 bits per heavy atom. The molecular weight excluding hydrogens is 1370 g/mol. The standard InChI is InChI=1S/C72H117N13O16S2/c1-9-13-49-63(93)78-51(26-27-57(90)91)64(94)79-52(32-41-18-22-46(87)23-19-41)66(96)77-50(14-10-2)65(95)85-59(40(5)86)70(100)82-55(61(73)92)38-103-37-44-16-11-15-43(31-44)36-102-30-28-56(89)83-60(72(6,7)8)71(101)81-53(33-42-20-24-47(88)25-21-42)68(98)84-58(39(3)4)69(99)80-54(67(97)76-49)34-45-35-75-62-48(45)17-12-29-74-62/h11,15-16,31,39-42,45-55,58-60,62,74-75,86-88H,9-10,12-14,17-30,32-38H2,1-8H3,(H2,73,92)(H,76,97)(H,77,96)(H,78,93)(H,79,94)(H,80,99)(H,81,101)(H,82,100)(H,83,89)(H,84,98)(H,85,95)(H,90,91)/t40-,41?,42?,45?,46?,47?,48?,49+,50+,51+,52+,53+,54+,55+,58+,59+,60-,62?/m1/s1. The third-order valence-corrected chi connectivity index (χ3v) is 22.4. The number of nitrogens with one attached hydrogen (secondary N) is 12. The molecule has 6 rings (SSSR count). The normalized spacial score (nSPS) is 31.7. The van der Waals surface area contributed by atoms with Crippen LogP contribution in [0.1, 0.15) is 195 Å². The summed E-state index contributed by atoms with van der Waals surface area (Å²) in [5.74, 6) is -9.77. The number of carboxylic acids is 1. The van der Waals surface area contributed by atoms with Crippen LogP contribution in [0.2, 0.25) is 0 Å². The largest absolute Gasteiger partial charge is 0.481 e. The predicted molar refractivity (Wildman–Crippen MR) is 390 cm³/mol. The molecule has 2 saturated heterocycles. The molecule has 0 aromatic heterocycles. The highest BCUT2D eigenvalue weighted by Gasteiger charge is 2.44. The summed E-state index contributed by atoms with van der Waals surface area (Å²) in [5.41, 5.74) is 6.74. The van der Waals surface area contributed by atoms with Gasteiger partial charge in [-0.15, -0.1) is 0 Å². The number of benzene rings is 1. The SMILES string of the molecule is CCC[C@@H]1NC(=O)[C@H](CC2CNC3NCCCC23)NC(=O)[C@H](C(C)C)NC(=O)[C@H](CC2CCC(O)CC2)NC(=O)[C@H](C(C)(C)C)NC(=O)CCSCc2cccc(c2)CSC[C@@H](C(N)=O)NC(=O)[C@H]([C@@H](C)O)NC(=O)[C@H](CCC)NC(=O)[C@H](CC2CCC(O)CC2)NC(=O)[C@H](CCC(=O)O)NC1=O. The van der Waals surface area contributed by atoms with E-state index in [1.807, 2.05) is 24.3 Å². The molecule has 2 saturated carbocycles. The Kier molecular flexibility index (Phi) is 34.7. The fourth-order valence-electron chi connectivity index (χ4n) is 14.3. The molecule has 3 heterocycles. The maximum absolute atomic E-state index is 15.1. The van der Waals surface area contributed by atoms with Crippen LogP contribution in [0.3, 0.4) is 0 Å². The van der Waals surface area contributed by atoms with E-state index >= 15 is 9.59 Å².